The van der Waals surface area contributed by atoms with Gasteiger partial charge in [-0.25, -0.2) is 9.78 Å². The largest absolute Gasteiger partial charge is 0.458 e. The third kappa shape index (κ3) is 3.76. The van der Waals surface area contributed by atoms with Gasteiger partial charge in [0.2, 0.25) is 6.79 Å². The molecule has 0 bridgehead atoms. The molecule has 1 aromatic carbocycles. The van der Waals surface area contributed by atoms with Crippen LogP contribution in [0.2, 0.25) is 0 Å². The number of aliphatic hydroxyl groups is 1. The predicted molar refractivity (Wildman–Crippen MR) is 131 cm³/mol. The summed E-state index contributed by atoms with van der Waals surface area (Å²) < 4.78 is 17.9. The first kappa shape index (κ1) is 23.4. The third-order valence-electron chi connectivity index (χ3n) is 6.85. The average molecular weight is 479 g/mol. The lowest BCUT2D eigenvalue weighted by atomic mass is 9.95. The van der Waals surface area contributed by atoms with Crippen molar-refractivity contribution in [3.8, 4) is 22.9 Å². The molecule has 0 spiro atoms. The second-order valence-corrected chi connectivity index (χ2v) is 8.82. The molecule has 2 aromatic heterocycles. The van der Waals surface area contributed by atoms with Crippen molar-refractivity contribution in [1.29, 1.82) is 0 Å². The number of unbranched alkanes of at least 4 members (excludes halogenated alkanes) is 3. The Morgan fingerprint density at radius 2 is 1.80 bits per heavy atom. The van der Waals surface area contributed by atoms with Crippen LogP contribution in [0.1, 0.15) is 74.8 Å². The zero-order valence-corrected chi connectivity index (χ0v) is 20.3. The fourth-order valence-corrected chi connectivity index (χ4v) is 5.11. The molecule has 8 heteroatoms. The monoisotopic (exact) mass is 478 g/mol. The van der Waals surface area contributed by atoms with Gasteiger partial charge in [0.1, 0.15) is 6.61 Å². The molecule has 0 fully saturated rings. The molecule has 8 nitrogen and oxygen atoms in total. The number of ether oxygens (including phenoxy) is 3. The number of rotatable bonds is 5. The first-order valence-corrected chi connectivity index (χ1v) is 12.4. The number of cyclic esters (lactones) is 1. The fourth-order valence-electron chi connectivity index (χ4n) is 5.11. The van der Waals surface area contributed by atoms with Gasteiger partial charge in [0, 0.05) is 22.6 Å². The van der Waals surface area contributed by atoms with Crippen molar-refractivity contribution in [1.82, 2.24) is 9.55 Å². The van der Waals surface area contributed by atoms with Gasteiger partial charge in [0.25, 0.3) is 5.56 Å². The van der Waals surface area contributed by atoms with E-state index in [0.29, 0.717) is 34.9 Å². The van der Waals surface area contributed by atoms with Gasteiger partial charge in [-0.1, -0.05) is 40.0 Å². The Bertz CT molecular complexity index is 1380. The summed E-state index contributed by atoms with van der Waals surface area (Å²) >= 11 is 0. The van der Waals surface area contributed by atoms with E-state index in [1.807, 2.05) is 26.0 Å². The molecule has 35 heavy (non-hydrogen) atoms. The van der Waals surface area contributed by atoms with E-state index in [1.165, 1.54) is 12.0 Å². The third-order valence-corrected chi connectivity index (χ3v) is 6.85. The van der Waals surface area contributed by atoms with Gasteiger partial charge in [0.15, 0.2) is 17.6 Å². The Morgan fingerprint density at radius 1 is 1.03 bits per heavy atom. The van der Waals surface area contributed by atoms with Gasteiger partial charge in [-0.2, -0.15) is 0 Å². The van der Waals surface area contributed by atoms with Gasteiger partial charge in [-0.15, -0.1) is 0 Å². The minimum atomic E-state index is -1.46. The van der Waals surface area contributed by atoms with E-state index in [9.17, 15) is 14.7 Å². The number of aryl methyl sites for hydroxylation is 1. The van der Waals surface area contributed by atoms with E-state index < -0.39 is 12.1 Å². The van der Waals surface area contributed by atoms with Crippen molar-refractivity contribution in [2.45, 2.75) is 72.1 Å². The van der Waals surface area contributed by atoms with Crippen LogP contribution in [0.4, 0.5) is 0 Å². The van der Waals surface area contributed by atoms with Crippen LogP contribution in [0.5, 0.6) is 11.5 Å². The number of hydrogen-bond donors (Lipinski definition) is 1. The second kappa shape index (κ2) is 9.34. The summed E-state index contributed by atoms with van der Waals surface area (Å²) in [4.78, 5) is 30.1. The maximum atomic E-state index is 13.3. The summed E-state index contributed by atoms with van der Waals surface area (Å²) in [7, 11) is 0. The summed E-state index contributed by atoms with van der Waals surface area (Å²) in [6, 6.07) is 5.60. The van der Waals surface area contributed by atoms with Crippen LogP contribution in [-0.4, -0.2) is 27.4 Å². The second-order valence-electron chi connectivity index (χ2n) is 8.82. The van der Waals surface area contributed by atoms with Crippen LogP contribution >= 0.6 is 0 Å². The Labute approximate surface area is 203 Å². The first-order chi connectivity index (χ1) is 17.1. The van der Waals surface area contributed by atoms with E-state index in [4.69, 9.17) is 19.2 Å². The van der Waals surface area contributed by atoms with Crippen LogP contribution in [-0.2, 0) is 29.1 Å². The molecule has 3 aromatic rings. The van der Waals surface area contributed by atoms with Gasteiger partial charge in [-0.3, -0.25) is 4.79 Å². The summed E-state index contributed by atoms with van der Waals surface area (Å²) in [5.41, 5.74) is 4.69. The molecule has 184 valence electrons. The highest BCUT2D eigenvalue weighted by Crippen LogP contribution is 2.42. The van der Waals surface area contributed by atoms with Crippen LogP contribution in [0, 0.1) is 0 Å². The molecule has 3 aliphatic heterocycles. The lowest BCUT2D eigenvalue weighted by molar-refractivity contribution is -0.157. The molecule has 0 saturated carbocycles. The Balaban J connectivity index is 0.00000124. The normalized spacial score (nSPS) is 16.8. The van der Waals surface area contributed by atoms with Crippen molar-refractivity contribution >= 4 is 16.9 Å². The van der Waals surface area contributed by atoms with E-state index in [0.717, 1.165) is 47.8 Å². The number of nitrogens with zero attached hydrogens (tertiary/aromatic N) is 2. The van der Waals surface area contributed by atoms with Gasteiger partial charge in [0.05, 0.1) is 29.0 Å². The highest BCUT2D eigenvalue weighted by Gasteiger charge is 2.35. The van der Waals surface area contributed by atoms with Crippen LogP contribution < -0.4 is 15.0 Å². The number of fused-ring (bicyclic) bond motifs is 6. The molecule has 6 rings (SSSR count). The molecular formula is C27H30N2O6. The van der Waals surface area contributed by atoms with E-state index in [1.54, 1.807) is 10.6 Å². The Kier molecular flexibility index (Phi) is 6.23. The quantitative estimate of drug-likeness (QED) is 0.335. The highest BCUT2D eigenvalue weighted by atomic mass is 16.7. The standard InChI is InChI=1S/C25H24N2O6.C2H6/c1-2-3-4-5-6-13-14-8-20-21(33-12-32-20)9-18(14)26-22-16(13)10-27-19(22)7-15-17(24(27)29)11-31-25(30)23(15)28;1-2/h7-9,23,28H,2-6,10-12H2,1H3;1-2H3. The lowest BCUT2D eigenvalue weighted by Gasteiger charge is -2.21. The average Bonchev–Trinajstić information content (AvgIpc) is 3.48. The molecule has 0 amide bonds. The summed E-state index contributed by atoms with van der Waals surface area (Å²) in [5.74, 6) is 0.632. The summed E-state index contributed by atoms with van der Waals surface area (Å²) in [6.45, 7) is 6.66. The van der Waals surface area contributed by atoms with Gasteiger partial charge in [-0.05, 0) is 30.5 Å². The Hall–Kier alpha value is -3.39. The molecule has 0 aliphatic carbocycles. The van der Waals surface area contributed by atoms with Crippen LogP contribution in [0.25, 0.3) is 22.3 Å². The van der Waals surface area contributed by atoms with E-state index >= 15 is 0 Å². The predicted octanol–water partition coefficient (Wildman–Crippen LogP) is 4.39. The number of hydrogen-bond acceptors (Lipinski definition) is 7. The van der Waals surface area contributed by atoms with Crippen LogP contribution in [0.3, 0.4) is 0 Å². The van der Waals surface area contributed by atoms with Crippen molar-refractivity contribution in [2.75, 3.05) is 6.79 Å². The fraction of sp³-hybridized carbons (Fsp3) is 0.444. The molecule has 0 saturated heterocycles. The molecule has 1 N–H and O–H groups in total. The number of aliphatic hydroxyl groups excluding tert-OH is 1. The number of pyridine rings is 2. The molecule has 3 aliphatic rings. The maximum Gasteiger partial charge on any atom is 0.340 e. The van der Waals surface area contributed by atoms with Gasteiger partial charge < -0.3 is 23.9 Å². The first-order valence-electron chi connectivity index (χ1n) is 12.4. The SMILES string of the molecule is CC.CCCCCCc1c2c(nc3cc4c(cc13)OCO4)-c1cc3c(c(=O)n1C2)COC(=O)C3O. The minimum Gasteiger partial charge on any atom is -0.458 e. The molecule has 1 atom stereocenters. The molecular weight excluding hydrogens is 448 g/mol. The van der Waals surface area contributed by atoms with Crippen molar-refractivity contribution in [3.63, 3.8) is 0 Å². The van der Waals surface area contributed by atoms with Crippen molar-refractivity contribution in [2.24, 2.45) is 0 Å². The van der Waals surface area contributed by atoms with Crippen molar-refractivity contribution < 1.29 is 24.1 Å². The van der Waals surface area contributed by atoms with Crippen LogP contribution in [0.15, 0.2) is 23.0 Å². The summed E-state index contributed by atoms with van der Waals surface area (Å²) in [6.07, 6.45) is 3.91. The molecule has 5 heterocycles. The zero-order valence-electron chi connectivity index (χ0n) is 20.3. The Morgan fingerprint density at radius 3 is 2.57 bits per heavy atom. The number of aromatic nitrogens is 2. The topological polar surface area (TPSA) is 99.9 Å². The zero-order chi connectivity index (χ0) is 24.7. The van der Waals surface area contributed by atoms with Crippen molar-refractivity contribution in [3.05, 3.63) is 50.8 Å². The van der Waals surface area contributed by atoms with E-state index in [-0.39, 0.29) is 19.0 Å². The maximum absolute atomic E-state index is 13.3. The highest BCUT2D eigenvalue weighted by molar-refractivity contribution is 5.91. The van der Waals surface area contributed by atoms with Gasteiger partial charge >= 0.3 is 5.97 Å². The molecule has 1 unspecified atom stereocenters. The number of carbonyl (C=O) groups is 1. The van der Waals surface area contributed by atoms with E-state index in [2.05, 4.69) is 6.92 Å². The lowest BCUT2D eigenvalue weighted by Crippen LogP contribution is -2.32. The number of benzene rings is 1. The smallest absolute Gasteiger partial charge is 0.340 e. The summed E-state index contributed by atoms with van der Waals surface area (Å²) in [5, 5.41) is 11.4. The molecule has 0 radical (unpaired) electrons. The minimum absolute atomic E-state index is 0.124. The number of esters is 1. The number of carbonyl (C=O) groups excluding carboxylic acids is 1.